The van der Waals surface area contributed by atoms with Crippen molar-refractivity contribution in [3.63, 3.8) is 0 Å². The van der Waals surface area contributed by atoms with E-state index >= 15 is 0 Å². The molecule has 2 rings (SSSR count). The number of rotatable bonds is 6. The van der Waals surface area contributed by atoms with Crippen LogP contribution in [0.15, 0.2) is 29.5 Å². The monoisotopic (exact) mass is 447 g/mol. The summed E-state index contributed by atoms with van der Waals surface area (Å²) in [5.74, 6) is 2.43. The number of aliphatic imine (C=N–C) groups is 1. The van der Waals surface area contributed by atoms with Crippen LogP contribution in [0.5, 0.6) is 0 Å². The van der Waals surface area contributed by atoms with Gasteiger partial charge in [0.1, 0.15) is 5.82 Å². The Morgan fingerprint density at radius 1 is 1.30 bits per heavy atom. The van der Waals surface area contributed by atoms with Crippen molar-refractivity contribution in [2.75, 3.05) is 7.05 Å². The highest BCUT2D eigenvalue weighted by Gasteiger charge is 2.06. The summed E-state index contributed by atoms with van der Waals surface area (Å²) in [5, 5.41) is 6.66. The summed E-state index contributed by atoms with van der Waals surface area (Å²) >= 11 is 1.80. The minimum absolute atomic E-state index is 0. The summed E-state index contributed by atoms with van der Waals surface area (Å²) in [5.41, 5.74) is 0. The van der Waals surface area contributed by atoms with Crippen LogP contribution in [0.25, 0.3) is 0 Å². The molecule has 0 saturated heterocycles. The Labute approximate surface area is 159 Å². The van der Waals surface area contributed by atoms with E-state index in [2.05, 4.69) is 58.1 Å². The molecular weight excluding hydrogens is 421 g/mol. The predicted octanol–water partition coefficient (Wildman–Crippen LogP) is 3.39. The van der Waals surface area contributed by atoms with E-state index in [-0.39, 0.29) is 24.0 Å². The van der Waals surface area contributed by atoms with Gasteiger partial charge in [0.25, 0.3) is 0 Å². The van der Waals surface area contributed by atoms with Gasteiger partial charge in [0.05, 0.1) is 13.1 Å². The minimum Gasteiger partial charge on any atom is -0.352 e. The number of imidazole rings is 1. The van der Waals surface area contributed by atoms with Crippen molar-refractivity contribution in [1.29, 1.82) is 0 Å². The first-order valence-electron chi connectivity index (χ1n) is 7.58. The van der Waals surface area contributed by atoms with Crippen LogP contribution in [-0.2, 0) is 19.6 Å². The molecule has 0 spiro atoms. The van der Waals surface area contributed by atoms with Crippen LogP contribution in [0.3, 0.4) is 0 Å². The number of nitrogens with one attached hydrogen (secondary N) is 2. The Kier molecular flexibility index (Phi) is 8.60. The third-order valence-corrected chi connectivity index (χ3v) is 4.23. The SMILES string of the molecule is CN=C(NCc1ccc(C)s1)NCc1nccn1CC(C)C.I. The fourth-order valence-electron chi connectivity index (χ4n) is 2.20. The molecule has 5 nitrogen and oxygen atoms in total. The lowest BCUT2D eigenvalue weighted by Crippen LogP contribution is -2.36. The minimum atomic E-state index is 0. The second-order valence-electron chi connectivity index (χ2n) is 5.68. The first-order chi connectivity index (χ1) is 10.6. The van der Waals surface area contributed by atoms with Gasteiger partial charge in [-0.15, -0.1) is 35.3 Å². The molecule has 0 aliphatic carbocycles. The highest BCUT2D eigenvalue weighted by molar-refractivity contribution is 14.0. The van der Waals surface area contributed by atoms with E-state index in [1.54, 1.807) is 18.4 Å². The van der Waals surface area contributed by atoms with Crippen LogP contribution >= 0.6 is 35.3 Å². The Morgan fingerprint density at radius 2 is 2.04 bits per heavy atom. The number of hydrogen-bond donors (Lipinski definition) is 2. The molecule has 23 heavy (non-hydrogen) atoms. The standard InChI is InChI=1S/C16H25N5S.HI/c1-12(2)11-21-8-7-18-15(21)10-20-16(17-4)19-9-14-6-5-13(3)22-14;/h5-8,12H,9-11H2,1-4H3,(H2,17,19,20);1H. The van der Waals surface area contributed by atoms with Crippen LogP contribution in [0.2, 0.25) is 0 Å². The van der Waals surface area contributed by atoms with Gasteiger partial charge >= 0.3 is 0 Å². The number of aromatic nitrogens is 2. The third-order valence-electron chi connectivity index (χ3n) is 3.23. The molecule has 0 aromatic carbocycles. The molecule has 2 aromatic heterocycles. The van der Waals surface area contributed by atoms with Crippen molar-refractivity contribution in [1.82, 2.24) is 20.2 Å². The first kappa shape index (κ1) is 20.0. The van der Waals surface area contributed by atoms with Crippen molar-refractivity contribution in [3.8, 4) is 0 Å². The molecule has 0 atom stereocenters. The Bertz CT molecular complexity index is 618. The normalized spacial score (nSPS) is 11.4. The van der Waals surface area contributed by atoms with E-state index < -0.39 is 0 Å². The van der Waals surface area contributed by atoms with Crippen LogP contribution in [0.1, 0.15) is 29.4 Å². The van der Waals surface area contributed by atoms with Crippen LogP contribution in [0, 0.1) is 12.8 Å². The lowest BCUT2D eigenvalue weighted by atomic mass is 10.2. The maximum absolute atomic E-state index is 4.42. The van der Waals surface area contributed by atoms with Gasteiger partial charge in [-0.25, -0.2) is 4.98 Å². The van der Waals surface area contributed by atoms with Crippen molar-refractivity contribution in [2.24, 2.45) is 10.9 Å². The molecule has 0 radical (unpaired) electrons. The maximum atomic E-state index is 4.42. The third kappa shape index (κ3) is 6.50. The molecule has 7 heteroatoms. The van der Waals surface area contributed by atoms with Crippen molar-refractivity contribution in [2.45, 2.75) is 40.4 Å². The molecular formula is C16H26IN5S. The molecule has 0 aliphatic rings. The first-order valence-corrected chi connectivity index (χ1v) is 8.40. The molecule has 0 amide bonds. The summed E-state index contributed by atoms with van der Waals surface area (Å²) in [7, 11) is 1.79. The zero-order valence-electron chi connectivity index (χ0n) is 14.2. The fourth-order valence-corrected chi connectivity index (χ4v) is 3.03. The molecule has 2 heterocycles. The molecule has 2 N–H and O–H groups in total. The summed E-state index contributed by atoms with van der Waals surface area (Å²) < 4.78 is 2.19. The van der Waals surface area contributed by atoms with Crippen molar-refractivity contribution < 1.29 is 0 Å². The number of guanidine groups is 1. The van der Waals surface area contributed by atoms with Crippen LogP contribution in [-0.4, -0.2) is 22.6 Å². The second-order valence-corrected chi connectivity index (χ2v) is 7.05. The fraction of sp³-hybridized carbons (Fsp3) is 0.500. The molecule has 0 saturated carbocycles. The molecule has 128 valence electrons. The molecule has 0 unspecified atom stereocenters. The Hall–Kier alpha value is -1.09. The zero-order chi connectivity index (χ0) is 15.9. The van der Waals surface area contributed by atoms with Gasteiger partial charge in [0.2, 0.25) is 0 Å². The smallest absolute Gasteiger partial charge is 0.191 e. The van der Waals surface area contributed by atoms with Gasteiger partial charge in [-0.05, 0) is 25.0 Å². The average molecular weight is 447 g/mol. The maximum Gasteiger partial charge on any atom is 0.191 e. The number of hydrogen-bond acceptors (Lipinski definition) is 3. The number of aryl methyl sites for hydroxylation is 1. The number of nitrogens with zero attached hydrogens (tertiary/aromatic N) is 3. The van der Waals surface area contributed by atoms with E-state index in [1.165, 1.54) is 9.75 Å². The van der Waals surface area contributed by atoms with E-state index in [4.69, 9.17) is 0 Å². The van der Waals surface area contributed by atoms with Crippen molar-refractivity contribution >= 4 is 41.3 Å². The molecule has 0 aliphatic heterocycles. The zero-order valence-corrected chi connectivity index (χ0v) is 17.3. The van der Waals surface area contributed by atoms with Gasteiger partial charge < -0.3 is 15.2 Å². The van der Waals surface area contributed by atoms with Gasteiger partial charge in [0.15, 0.2) is 5.96 Å². The lowest BCUT2D eigenvalue weighted by molar-refractivity contribution is 0.503. The summed E-state index contributed by atoms with van der Waals surface area (Å²) in [6, 6.07) is 4.29. The summed E-state index contributed by atoms with van der Waals surface area (Å²) in [6.07, 6.45) is 3.88. The van der Waals surface area contributed by atoms with Crippen LogP contribution < -0.4 is 10.6 Å². The largest absolute Gasteiger partial charge is 0.352 e. The Balaban J connectivity index is 0.00000264. The molecule has 0 fully saturated rings. The molecule has 2 aromatic rings. The molecule has 0 bridgehead atoms. The number of halogens is 1. The van der Waals surface area contributed by atoms with E-state index in [0.717, 1.165) is 24.9 Å². The van der Waals surface area contributed by atoms with Gasteiger partial charge in [-0.2, -0.15) is 0 Å². The number of thiophene rings is 1. The topological polar surface area (TPSA) is 54.2 Å². The lowest BCUT2D eigenvalue weighted by Gasteiger charge is -2.13. The van der Waals surface area contributed by atoms with Gasteiger partial charge in [-0.3, -0.25) is 4.99 Å². The average Bonchev–Trinajstić information content (AvgIpc) is 3.08. The highest BCUT2D eigenvalue weighted by atomic mass is 127. The highest BCUT2D eigenvalue weighted by Crippen LogP contribution is 2.14. The van der Waals surface area contributed by atoms with E-state index in [0.29, 0.717) is 12.5 Å². The summed E-state index contributed by atoms with van der Waals surface area (Å²) in [4.78, 5) is 11.3. The predicted molar refractivity (Wildman–Crippen MR) is 109 cm³/mol. The summed E-state index contributed by atoms with van der Waals surface area (Å²) in [6.45, 7) is 8.98. The Morgan fingerprint density at radius 3 is 2.65 bits per heavy atom. The van der Waals surface area contributed by atoms with Crippen molar-refractivity contribution in [3.05, 3.63) is 40.1 Å². The van der Waals surface area contributed by atoms with Crippen LogP contribution in [0.4, 0.5) is 0 Å². The van der Waals surface area contributed by atoms with Gasteiger partial charge in [0, 0.05) is 35.7 Å². The van der Waals surface area contributed by atoms with Gasteiger partial charge in [-0.1, -0.05) is 13.8 Å². The quantitative estimate of drug-likeness (QED) is 0.406. The van der Waals surface area contributed by atoms with E-state index in [9.17, 15) is 0 Å². The second kappa shape index (κ2) is 9.92. The van der Waals surface area contributed by atoms with E-state index in [1.807, 2.05) is 12.4 Å².